The van der Waals surface area contributed by atoms with Gasteiger partial charge in [0.1, 0.15) is 0 Å². The van der Waals surface area contributed by atoms with Gasteiger partial charge in [-0.05, 0) is 37.5 Å². The lowest BCUT2D eigenvalue weighted by Crippen LogP contribution is -2.46. The van der Waals surface area contributed by atoms with Gasteiger partial charge in [0.05, 0.1) is 12.2 Å². The van der Waals surface area contributed by atoms with Gasteiger partial charge in [-0.2, -0.15) is 0 Å². The van der Waals surface area contributed by atoms with Crippen LogP contribution in [0.25, 0.3) is 0 Å². The Hall–Kier alpha value is -0.570. The average Bonchev–Trinajstić information content (AvgIpc) is 2.90. The van der Waals surface area contributed by atoms with Crippen molar-refractivity contribution in [3.63, 3.8) is 0 Å². The van der Waals surface area contributed by atoms with E-state index in [1.54, 1.807) is 0 Å². The smallest absolute Gasteiger partial charge is 0.241 e. The normalized spacial score (nSPS) is 37.9. The zero-order valence-corrected chi connectivity index (χ0v) is 13.7. The predicted octanol–water partition coefficient (Wildman–Crippen LogP) is 3.54. The second-order valence-corrected chi connectivity index (χ2v) is 6.89. The lowest BCUT2D eigenvalue weighted by Gasteiger charge is -2.33. The zero-order valence-electron chi connectivity index (χ0n) is 13.7. The van der Waals surface area contributed by atoms with Crippen LogP contribution in [-0.2, 0) is 4.79 Å². The summed E-state index contributed by atoms with van der Waals surface area (Å²) in [4.78, 5) is 15.0. The number of hydrogen-bond donors (Lipinski definition) is 1. The molecule has 116 valence electrons. The Morgan fingerprint density at radius 1 is 1.15 bits per heavy atom. The quantitative estimate of drug-likeness (QED) is 0.807. The van der Waals surface area contributed by atoms with Crippen molar-refractivity contribution >= 4 is 5.91 Å². The first-order valence-corrected chi connectivity index (χ1v) is 8.68. The summed E-state index contributed by atoms with van der Waals surface area (Å²) >= 11 is 0. The first kappa shape index (κ1) is 15.8. The van der Waals surface area contributed by atoms with Crippen molar-refractivity contribution in [1.82, 2.24) is 10.2 Å². The van der Waals surface area contributed by atoms with Crippen molar-refractivity contribution in [1.29, 1.82) is 0 Å². The van der Waals surface area contributed by atoms with E-state index in [0.717, 1.165) is 31.6 Å². The summed E-state index contributed by atoms with van der Waals surface area (Å²) in [6, 6.07) is 0.544. The molecule has 3 heteroatoms. The van der Waals surface area contributed by atoms with E-state index >= 15 is 0 Å². The van der Waals surface area contributed by atoms with Crippen LogP contribution in [0.4, 0.5) is 0 Å². The molecule has 5 unspecified atom stereocenters. The SMILES string of the molecule is CCCCC1NC(CCC)N(C2CCC(C)C2C)C1=O. The van der Waals surface area contributed by atoms with Crippen molar-refractivity contribution in [2.24, 2.45) is 11.8 Å². The van der Waals surface area contributed by atoms with Crippen molar-refractivity contribution in [2.45, 2.75) is 90.9 Å². The van der Waals surface area contributed by atoms with Crippen LogP contribution in [0.1, 0.15) is 72.6 Å². The summed E-state index contributed by atoms with van der Waals surface area (Å²) in [5, 5.41) is 3.62. The highest BCUT2D eigenvalue weighted by atomic mass is 16.2. The molecule has 1 aliphatic heterocycles. The molecule has 2 fully saturated rings. The maximum absolute atomic E-state index is 12.8. The molecule has 0 aromatic rings. The Morgan fingerprint density at radius 3 is 2.45 bits per heavy atom. The van der Waals surface area contributed by atoms with E-state index in [9.17, 15) is 4.79 Å². The van der Waals surface area contributed by atoms with Gasteiger partial charge in [0.15, 0.2) is 0 Å². The molecule has 0 bridgehead atoms. The van der Waals surface area contributed by atoms with Crippen molar-refractivity contribution in [2.75, 3.05) is 0 Å². The van der Waals surface area contributed by atoms with Crippen LogP contribution in [0.15, 0.2) is 0 Å². The number of nitrogens with one attached hydrogen (secondary N) is 1. The molecule has 2 aliphatic rings. The van der Waals surface area contributed by atoms with E-state index in [2.05, 4.69) is 37.9 Å². The van der Waals surface area contributed by atoms with Gasteiger partial charge in [-0.1, -0.05) is 47.0 Å². The minimum Gasteiger partial charge on any atom is -0.323 e. The van der Waals surface area contributed by atoms with E-state index < -0.39 is 0 Å². The zero-order chi connectivity index (χ0) is 14.7. The third-order valence-corrected chi connectivity index (χ3v) is 5.47. The first-order chi connectivity index (χ1) is 9.60. The molecule has 1 saturated heterocycles. The monoisotopic (exact) mass is 280 g/mol. The molecule has 1 N–H and O–H groups in total. The molecule has 0 aromatic heterocycles. The van der Waals surface area contributed by atoms with Crippen LogP contribution in [0.5, 0.6) is 0 Å². The summed E-state index contributed by atoms with van der Waals surface area (Å²) in [5.74, 6) is 1.78. The fourth-order valence-electron chi connectivity index (χ4n) is 3.95. The van der Waals surface area contributed by atoms with Crippen molar-refractivity contribution < 1.29 is 4.79 Å². The topological polar surface area (TPSA) is 32.3 Å². The van der Waals surface area contributed by atoms with Gasteiger partial charge in [0.25, 0.3) is 0 Å². The second-order valence-electron chi connectivity index (χ2n) is 6.89. The standard InChI is InChI=1S/C17H32N2O/c1-5-7-9-14-17(20)19(16(18-14)8-6-2)15-11-10-12(3)13(15)4/h12-16,18H,5-11H2,1-4H3. The molecule has 1 aliphatic carbocycles. The van der Waals surface area contributed by atoms with Gasteiger partial charge in [-0.15, -0.1) is 0 Å². The van der Waals surface area contributed by atoms with E-state index in [4.69, 9.17) is 0 Å². The van der Waals surface area contributed by atoms with Crippen LogP contribution < -0.4 is 5.32 Å². The lowest BCUT2D eigenvalue weighted by molar-refractivity contribution is -0.133. The maximum atomic E-state index is 12.8. The Balaban J connectivity index is 2.09. The van der Waals surface area contributed by atoms with Gasteiger partial charge < -0.3 is 4.90 Å². The lowest BCUT2D eigenvalue weighted by atomic mass is 9.96. The van der Waals surface area contributed by atoms with E-state index in [0.29, 0.717) is 17.9 Å². The highest BCUT2D eigenvalue weighted by Gasteiger charge is 2.45. The van der Waals surface area contributed by atoms with E-state index in [1.807, 2.05) is 0 Å². The molecular formula is C17H32N2O. The number of carbonyl (C=O) groups excluding carboxylic acids is 1. The number of hydrogen-bond acceptors (Lipinski definition) is 2. The number of amides is 1. The third-order valence-electron chi connectivity index (χ3n) is 5.47. The molecule has 0 aromatic carbocycles. The fourth-order valence-corrected chi connectivity index (χ4v) is 3.95. The Morgan fingerprint density at radius 2 is 1.90 bits per heavy atom. The molecule has 1 saturated carbocycles. The Kier molecular flexibility index (Phi) is 5.48. The van der Waals surface area contributed by atoms with Gasteiger partial charge >= 0.3 is 0 Å². The molecule has 20 heavy (non-hydrogen) atoms. The van der Waals surface area contributed by atoms with Crippen molar-refractivity contribution in [3.05, 3.63) is 0 Å². The maximum Gasteiger partial charge on any atom is 0.241 e. The van der Waals surface area contributed by atoms with Crippen molar-refractivity contribution in [3.8, 4) is 0 Å². The molecular weight excluding hydrogens is 248 g/mol. The molecule has 1 heterocycles. The second kappa shape index (κ2) is 6.93. The molecule has 1 amide bonds. The number of rotatable bonds is 6. The molecule has 3 nitrogen and oxygen atoms in total. The summed E-state index contributed by atoms with van der Waals surface area (Å²) in [6.45, 7) is 9.08. The van der Waals surface area contributed by atoms with E-state index in [1.165, 1.54) is 19.3 Å². The van der Waals surface area contributed by atoms with E-state index in [-0.39, 0.29) is 12.2 Å². The number of carbonyl (C=O) groups is 1. The minimum absolute atomic E-state index is 0.0783. The van der Waals surface area contributed by atoms with Gasteiger partial charge in [0.2, 0.25) is 5.91 Å². The third kappa shape index (κ3) is 3.03. The van der Waals surface area contributed by atoms with Crippen LogP contribution in [0, 0.1) is 11.8 Å². The van der Waals surface area contributed by atoms with Gasteiger partial charge in [-0.3, -0.25) is 10.1 Å². The Bertz CT molecular complexity index is 331. The molecule has 0 spiro atoms. The predicted molar refractivity (Wildman–Crippen MR) is 83.3 cm³/mol. The summed E-state index contributed by atoms with van der Waals surface area (Å²) in [7, 11) is 0. The summed E-state index contributed by atoms with van der Waals surface area (Å²) in [5.41, 5.74) is 0. The largest absolute Gasteiger partial charge is 0.323 e. The van der Waals surface area contributed by atoms with Crippen LogP contribution in [0.2, 0.25) is 0 Å². The number of nitrogens with zero attached hydrogens (tertiary/aromatic N) is 1. The van der Waals surface area contributed by atoms with Gasteiger partial charge in [-0.25, -0.2) is 0 Å². The highest BCUT2D eigenvalue weighted by molar-refractivity contribution is 5.84. The first-order valence-electron chi connectivity index (χ1n) is 8.68. The summed E-state index contributed by atoms with van der Waals surface area (Å²) in [6.07, 6.45) is 8.29. The van der Waals surface area contributed by atoms with Gasteiger partial charge in [0, 0.05) is 6.04 Å². The molecule has 2 rings (SSSR count). The molecule has 0 radical (unpaired) electrons. The molecule has 5 atom stereocenters. The van der Waals surface area contributed by atoms with Crippen LogP contribution in [-0.4, -0.2) is 29.1 Å². The van der Waals surface area contributed by atoms with Crippen LogP contribution in [0.3, 0.4) is 0 Å². The average molecular weight is 280 g/mol. The fraction of sp³-hybridized carbons (Fsp3) is 0.941. The Labute approximate surface area is 124 Å². The summed E-state index contributed by atoms with van der Waals surface area (Å²) < 4.78 is 0. The minimum atomic E-state index is 0.0783. The highest BCUT2D eigenvalue weighted by Crippen LogP contribution is 2.37. The number of unbranched alkanes of at least 4 members (excludes halogenated alkanes) is 1. The van der Waals surface area contributed by atoms with Crippen LogP contribution >= 0.6 is 0 Å².